The first-order chi connectivity index (χ1) is 18.0. The van der Waals surface area contributed by atoms with Crippen LogP contribution in [0.3, 0.4) is 0 Å². The Morgan fingerprint density at radius 2 is 1.92 bits per heavy atom. The Hall–Kier alpha value is -3.33. The maximum absolute atomic E-state index is 14.4. The van der Waals surface area contributed by atoms with Crippen molar-refractivity contribution in [2.75, 3.05) is 30.9 Å². The normalized spacial score (nSPS) is 15.8. The standard InChI is InChI=1S/C29H35FN4O3S/c1-18(2)15-31-23(35)16-33-24(36)17-38-26(19-8-7-9-20(30)14-19)25-27(29(3,4)5)32-34(28(25)33)21-10-12-22(37-6)13-11-21/h7-14,18,26H,15-17H2,1-6H3,(H,31,35)/t26-/m0/s1. The Labute approximate surface area is 227 Å². The van der Waals surface area contributed by atoms with Crippen molar-refractivity contribution in [2.45, 2.75) is 45.3 Å². The van der Waals surface area contributed by atoms with Gasteiger partial charge in [0.15, 0.2) is 0 Å². The van der Waals surface area contributed by atoms with Crippen LogP contribution in [0.1, 0.15) is 56.7 Å². The summed E-state index contributed by atoms with van der Waals surface area (Å²) in [5.74, 6) is 0.849. The van der Waals surface area contributed by atoms with Gasteiger partial charge in [-0.3, -0.25) is 14.5 Å². The number of fused-ring (bicyclic) bond motifs is 1. The molecule has 2 aromatic carbocycles. The van der Waals surface area contributed by atoms with E-state index in [1.54, 1.807) is 17.9 Å². The fraction of sp³-hybridized carbons (Fsp3) is 0.414. The molecule has 1 atom stereocenters. The second-order valence-electron chi connectivity index (χ2n) is 10.9. The smallest absolute Gasteiger partial charge is 0.240 e. The molecule has 1 aromatic heterocycles. The van der Waals surface area contributed by atoms with E-state index in [0.29, 0.717) is 18.1 Å². The van der Waals surface area contributed by atoms with E-state index in [2.05, 4.69) is 26.1 Å². The van der Waals surface area contributed by atoms with Crippen LogP contribution in [0.25, 0.3) is 5.69 Å². The predicted octanol–water partition coefficient (Wildman–Crippen LogP) is 5.26. The number of amides is 2. The van der Waals surface area contributed by atoms with Crippen LogP contribution in [0, 0.1) is 11.7 Å². The van der Waals surface area contributed by atoms with Crippen molar-refractivity contribution < 1.29 is 18.7 Å². The number of halogens is 1. The zero-order valence-corrected chi connectivity index (χ0v) is 23.6. The van der Waals surface area contributed by atoms with Gasteiger partial charge < -0.3 is 10.1 Å². The number of thioether (sulfide) groups is 1. The third kappa shape index (κ3) is 5.88. The second-order valence-corrected chi connectivity index (χ2v) is 12.0. The van der Waals surface area contributed by atoms with Crippen molar-refractivity contribution >= 4 is 29.4 Å². The zero-order chi connectivity index (χ0) is 27.6. The Morgan fingerprint density at radius 3 is 2.53 bits per heavy atom. The van der Waals surface area contributed by atoms with Gasteiger partial charge in [-0.15, -0.1) is 11.8 Å². The summed E-state index contributed by atoms with van der Waals surface area (Å²) in [5, 5.41) is 7.61. The molecule has 1 aliphatic rings. The SMILES string of the molecule is COc1ccc(-n2nc(C(C)(C)C)c3c2N(CC(=O)NCC(C)C)C(=O)CS[C@H]3c2cccc(F)c2)cc1. The molecule has 0 unspecified atom stereocenters. The van der Waals surface area contributed by atoms with Gasteiger partial charge in [0, 0.05) is 17.5 Å². The molecule has 0 saturated heterocycles. The Morgan fingerprint density at radius 1 is 1.21 bits per heavy atom. The molecule has 0 spiro atoms. The molecule has 2 heterocycles. The fourth-order valence-corrected chi connectivity index (χ4v) is 5.61. The van der Waals surface area contributed by atoms with Crippen LogP contribution < -0.4 is 15.0 Å². The lowest BCUT2D eigenvalue weighted by molar-refractivity contribution is -0.123. The zero-order valence-electron chi connectivity index (χ0n) is 22.7. The Kier molecular flexibility index (Phi) is 8.16. The van der Waals surface area contributed by atoms with Gasteiger partial charge in [0.25, 0.3) is 0 Å². The minimum Gasteiger partial charge on any atom is -0.497 e. The van der Waals surface area contributed by atoms with E-state index in [0.717, 1.165) is 22.5 Å². The lowest BCUT2D eigenvalue weighted by Crippen LogP contribution is -2.43. The van der Waals surface area contributed by atoms with Crippen molar-refractivity contribution in [2.24, 2.45) is 5.92 Å². The van der Waals surface area contributed by atoms with Gasteiger partial charge in [-0.25, -0.2) is 9.07 Å². The van der Waals surface area contributed by atoms with Gasteiger partial charge >= 0.3 is 0 Å². The Bertz CT molecular complexity index is 1310. The largest absolute Gasteiger partial charge is 0.497 e. The molecule has 0 bridgehead atoms. The van der Waals surface area contributed by atoms with Crippen molar-refractivity contribution in [3.05, 3.63) is 71.2 Å². The van der Waals surface area contributed by atoms with Crippen LogP contribution in [0.2, 0.25) is 0 Å². The summed E-state index contributed by atoms with van der Waals surface area (Å²) >= 11 is 1.43. The average Bonchev–Trinajstić information content (AvgIpc) is 3.20. The molecule has 1 aliphatic heterocycles. The lowest BCUT2D eigenvalue weighted by Gasteiger charge is -2.24. The maximum Gasteiger partial charge on any atom is 0.240 e. The molecule has 0 radical (unpaired) electrons. The van der Waals surface area contributed by atoms with Crippen LogP contribution in [-0.2, 0) is 15.0 Å². The molecule has 7 nitrogen and oxygen atoms in total. The molecule has 1 N–H and O–H groups in total. The van der Waals surface area contributed by atoms with Crippen molar-refractivity contribution in [3.8, 4) is 11.4 Å². The summed E-state index contributed by atoms with van der Waals surface area (Å²) in [4.78, 5) is 28.2. The van der Waals surface area contributed by atoms with E-state index in [9.17, 15) is 14.0 Å². The second kappa shape index (κ2) is 11.2. The van der Waals surface area contributed by atoms with E-state index in [4.69, 9.17) is 9.84 Å². The van der Waals surface area contributed by atoms with Gasteiger partial charge in [0.1, 0.15) is 23.9 Å². The fourth-order valence-electron chi connectivity index (χ4n) is 4.43. The number of carbonyl (C=O) groups is 2. The monoisotopic (exact) mass is 538 g/mol. The molecule has 0 aliphatic carbocycles. The molecule has 38 heavy (non-hydrogen) atoms. The number of hydrogen-bond acceptors (Lipinski definition) is 5. The van der Waals surface area contributed by atoms with Crippen molar-refractivity contribution in [3.63, 3.8) is 0 Å². The first kappa shape index (κ1) is 27.7. The van der Waals surface area contributed by atoms with Gasteiger partial charge in [-0.1, -0.05) is 46.8 Å². The number of methoxy groups -OCH3 is 1. The number of carbonyl (C=O) groups excluding carboxylic acids is 2. The number of hydrogen-bond donors (Lipinski definition) is 1. The number of nitrogens with zero attached hydrogens (tertiary/aromatic N) is 3. The minimum absolute atomic E-state index is 0.138. The van der Waals surface area contributed by atoms with Crippen LogP contribution >= 0.6 is 11.8 Å². The number of benzene rings is 2. The Balaban J connectivity index is 1.96. The summed E-state index contributed by atoms with van der Waals surface area (Å²) in [6, 6.07) is 13.9. The summed E-state index contributed by atoms with van der Waals surface area (Å²) < 4.78 is 21.5. The number of aromatic nitrogens is 2. The topological polar surface area (TPSA) is 76.5 Å². The quantitative estimate of drug-likeness (QED) is 0.444. The van der Waals surface area contributed by atoms with Crippen LogP contribution in [0.15, 0.2) is 48.5 Å². The minimum atomic E-state index is -0.396. The highest BCUT2D eigenvalue weighted by molar-refractivity contribution is 8.00. The molecule has 2 amide bonds. The van der Waals surface area contributed by atoms with Gasteiger partial charge in [0.05, 0.1) is 29.5 Å². The number of nitrogens with one attached hydrogen (secondary N) is 1. The summed E-state index contributed by atoms with van der Waals surface area (Å²) in [6.07, 6.45) is 0. The number of ether oxygens (including phenoxy) is 1. The van der Waals surface area contributed by atoms with Crippen molar-refractivity contribution in [1.82, 2.24) is 15.1 Å². The molecule has 9 heteroatoms. The van der Waals surface area contributed by atoms with Gasteiger partial charge in [-0.2, -0.15) is 5.10 Å². The third-order valence-electron chi connectivity index (χ3n) is 6.28. The number of anilines is 1. The third-order valence-corrected chi connectivity index (χ3v) is 7.53. The van der Waals surface area contributed by atoms with E-state index >= 15 is 0 Å². The number of rotatable bonds is 7. The van der Waals surface area contributed by atoms with Gasteiger partial charge in [0.2, 0.25) is 11.8 Å². The van der Waals surface area contributed by atoms with Crippen LogP contribution in [0.4, 0.5) is 10.2 Å². The molecule has 202 valence electrons. The first-order valence-electron chi connectivity index (χ1n) is 12.7. The lowest BCUT2D eigenvalue weighted by atomic mass is 9.87. The molecule has 0 fully saturated rings. The highest BCUT2D eigenvalue weighted by Crippen LogP contribution is 2.48. The molecule has 0 saturated carbocycles. The summed E-state index contributed by atoms with van der Waals surface area (Å²) in [5.41, 5.74) is 2.67. The summed E-state index contributed by atoms with van der Waals surface area (Å²) in [6.45, 7) is 10.6. The molecule has 4 rings (SSSR count). The first-order valence-corrected chi connectivity index (χ1v) is 13.8. The highest BCUT2D eigenvalue weighted by atomic mass is 32.2. The highest BCUT2D eigenvalue weighted by Gasteiger charge is 2.40. The molecular weight excluding hydrogens is 503 g/mol. The van der Waals surface area contributed by atoms with Crippen LogP contribution in [0.5, 0.6) is 5.75 Å². The summed E-state index contributed by atoms with van der Waals surface area (Å²) in [7, 11) is 1.60. The van der Waals surface area contributed by atoms with E-state index in [1.165, 1.54) is 28.8 Å². The van der Waals surface area contributed by atoms with E-state index in [1.807, 2.05) is 44.2 Å². The molecule has 3 aromatic rings. The van der Waals surface area contributed by atoms with Crippen LogP contribution in [-0.4, -0.2) is 47.5 Å². The maximum atomic E-state index is 14.4. The predicted molar refractivity (Wildman–Crippen MR) is 150 cm³/mol. The molecular formula is C29H35FN4O3S. The van der Waals surface area contributed by atoms with Crippen molar-refractivity contribution in [1.29, 1.82) is 0 Å². The van der Waals surface area contributed by atoms with Gasteiger partial charge in [-0.05, 0) is 47.9 Å². The van der Waals surface area contributed by atoms with E-state index < -0.39 is 5.41 Å². The van der Waals surface area contributed by atoms with E-state index in [-0.39, 0.29) is 41.1 Å². The average molecular weight is 539 g/mol.